The highest BCUT2D eigenvalue weighted by atomic mass is 15.1. The number of benzene rings is 1. The maximum absolute atomic E-state index is 4.28. The van der Waals surface area contributed by atoms with Gasteiger partial charge in [-0.15, -0.1) is 0 Å². The molecule has 1 aromatic carbocycles. The van der Waals surface area contributed by atoms with Crippen LogP contribution in [0.3, 0.4) is 0 Å². The van der Waals surface area contributed by atoms with E-state index in [0.29, 0.717) is 6.04 Å². The molecule has 3 nitrogen and oxygen atoms in total. The molecule has 1 saturated heterocycles. The Bertz CT molecular complexity index is 554. The van der Waals surface area contributed by atoms with Gasteiger partial charge in [0.2, 0.25) is 0 Å². The molecular weight excluding hydrogens is 246 g/mol. The van der Waals surface area contributed by atoms with Gasteiger partial charge in [-0.25, -0.2) is 0 Å². The van der Waals surface area contributed by atoms with Gasteiger partial charge in [-0.05, 0) is 43.3 Å². The van der Waals surface area contributed by atoms with Gasteiger partial charge < -0.3 is 10.2 Å². The molecule has 1 aliphatic rings. The number of anilines is 1. The summed E-state index contributed by atoms with van der Waals surface area (Å²) in [5.74, 6) is 0. The van der Waals surface area contributed by atoms with Crippen molar-refractivity contribution in [2.45, 2.75) is 32.2 Å². The predicted octanol–water partition coefficient (Wildman–Crippen LogP) is 3.20. The minimum Gasteiger partial charge on any atom is -0.371 e. The Morgan fingerprint density at radius 1 is 1.25 bits per heavy atom. The van der Waals surface area contributed by atoms with Crippen molar-refractivity contribution in [1.29, 1.82) is 0 Å². The van der Waals surface area contributed by atoms with Gasteiger partial charge in [-0.2, -0.15) is 0 Å². The Balaban J connectivity index is 1.74. The maximum Gasteiger partial charge on any atom is 0.0461 e. The summed E-state index contributed by atoms with van der Waals surface area (Å²) in [6, 6.07) is 9.33. The Morgan fingerprint density at radius 2 is 2.10 bits per heavy atom. The molecule has 0 spiro atoms. The lowest BCUT2D eigenvalue weighted by molar-refractivity contribution is 0.416. The van der Waals surface area contributed by atoms with Crippen LogP contribution in [0, 0.1) is 0 Å². The van der Waals surface area contributed by atoms with Gasteiger partial charge in [0.25, 0.3) is 0 Å². The molecule has 20 heavy (non-hydrogen) atoms. The van der Waals surface area contributed by atoms with Crippen LogP contribution in [-0.2, 0) is 0 Å². The van der Waals surface area contributed by atoms with E-state index < -0.39 is 0 Å². The van der Waals surface area contributed by atoms with Crippen LogP contribution in [0.25, 0.3) is 10.8 Å². The zero-order chi connectivity index (χ0) is 13.8. The smallest absolute Gasteiger partial charge is 0.0461 e. The lowest BCUT2D eigenvalue weighted by atomic mass is 10.0. The topological polar surface area (TPSA) is 28.2 Å². The highest BCUT2D eigenvalue weighted by Crippen LogP contribution is 2.28. The summed E-state index contributed by atoms with van der Waals surface area (Å²) in [4.78, 5) is 6.79. The molecule has 1 aromatic heterocycles. The first-order valence-corrected chi connectivity index (χ1v) is 7.69. The average molecular weight is 269 g/mol. The molecular formula is C17H23N3. The fourth-order valence-corrected chi connectivity index (χ4v) is 3.05. The summed E-state index contributed by atoms with van der Waals surface area (Å²) < 4.78 is 0. The average Bonchev–Trinajstić information content (AvgIpc) is 2.53. The standard InChI is InChI=1S/C17H23N3/c1-2-9-19-15-7-11-20(12-8-15)17-5-3-4-14-6-10-18-13-16(14)17/h3-6,10,13,15,19H,2,7-9,11-12H2,1H3. The van der Waals surface area contributed by atoms with E-state index in [1.165, 1.54) is 35.7 Å². The summed E-state index contributed by atoms with van der Waals surface area (Å²) in [7, 11) is 0. The van der Waals surface area contributed by atoms with E-state index in [9.17, 15) is 0 Å². The van der Waals surface area contributed by atoms with Crippen LogP contribution in [-0.4, -0.2) is 30.7 Å². The van der Waals surface area contributed by atoms with Gasteiger partial charge >= 0.3 is 0 Å². The third-order valence-electron chi connectivity index (χ3n) is 4.18. The van der Waals surface area contributed by atoms with E-state index in [0.717, 1.165) is 19.6 Å². The lowest BCUT2D eigenvalue weighted by Crippen LogP contribution is -2.42. The molecule has 0 atom stereocenters. The molecule has 1 N–H and O–H groups in total. The second kappa shape index (κ2) is 6.23. The summed E-state index contributed by atoms with van der Waals surface area (Å²) >= 11 is 0. The summed E-state index contributed by atoms with van der Waals surface area (Å²) in [6.07, 6.45) is 7.54. The molecule has 0 unspecified atom stereocenters. The largest absolute Gasteiger partial charge is 0.371 e. The van der Waals surface area contributed by atoms with Gasteiger partial charge in [0, 0.05) is 42.6 Å². The predicted molar refractivity (Wildman–Crippen MR) is 85.3 cm³/mol. The molecule has 2 aromatic rings. The number of nitrogens with one attached hydrogen (secondary N) is 1. The molecule has 0 bridgehead atoms. The van der Waals surface area contributed by atoms with Crippen molar-refractivity contribution in [2.75, 3.05) is 24.5 Å². The van der Waals surface area contributed by atoms with Crippen molar-refractivity contribution in [3.8, 4) is 0 Å². The van der Waals surface area contributed by atoms with Gasteiger partial charge in [0.15, 0.2) is 0 Å². The summed E-state index contributed by atoms with van der Waals surface area (Å²) in [5, 5.41) is 6.20. The maximum atomic E-state index is 4.28. The third kappa shape index (κ3) is 2.78. The highest BCUT2D eigenvalue weighted by Gasteiger charge is 2.19. The van der Waals surface area contributed by atoms with Crippen LogP contribution in [0.15, 0.2) is 36.7 Å². The quantitative estimate of drug-likeness (QED) is 0.924. The van der Waals surface area contributed by atoms with Gasteiger partial charge in [0.1, 0.15) is 0 Å². The van der Waals surface area contributed by atoms with Gasteiger partial charge in [-0.1, -0.05) is 19.1 Å². The van der Waals surface area contributed by atoms with E-state index >= 15 is 0 Å². The van der Waals surface area contributed by atoms with Crippen LogP contribution >= 0.6 is 0 Å². The van der Waals surface area contributed by atoms with E-state index in [4.69, 9.17) is 0 Å². The number of piperidine rings is 1. The molecule has 3 rings (SSSR count). The monoisotopic (exact) mass is 269 g/mol. The van der Waals surface area contributed by atoms with Crippen molar-refractivity contribution in [3.05, 3.63) is 36.7 Å². The van der Waals surface area contributed by atoms with Crippen LogP contribution in [0.5, 0.6) is 0 Å². The minimum absolute atomic E-state index is 0.694. The second-order valence-electron chi connectivity index (χ2n) is 5.59. The lowest BCUT2D eigenvalue weighted by Gasteiger charge is -2.34. The number of nitrogens with zero attached hydrogens (tertiary/aromatic N) is 2. The SMILES string of the molecule is CCCNC1CCN(c2cccc3ccncc23)CC1. The first kappa shape index (κ1) is 13.4. The number of aromatic nitrogens is 1. The normalized spacial score (nSPS) is 16.8. The number of pyridine rings is 1. The Labute approximate surface area is 121 Å². The molecule has 0 saturated carbocycles. The van der Waals surface area contributed by atoms with Crippen molar-refractivity contribution >= 4 is 16.5 Å². The number of hydrogen-bond acceptors (Lipinski definition) is 3. The highest BCUT2D eigenvalue weighted by molar-refractivity contribution is 5.93. The first-order valence-electron chi connectivity index (χ1n) is 7.69. The van der Waals surface area contributed by atoms with Crippen LogP contribution < -0.4 is 10.2 Å². The molecule has 0 radical (unpaired) electrons. The second-order valence-corrected chi connectivity index (χ2v) is 5.59. The fraction of sp³-hybridized carbons (Fsp3) is 0.471. The van der Waals surface area contributed by atoms with Crippen molar-refractivity contribution in [3.63, 3.8) is 0 Å². The van der Waals surface area contributed by atoms with Gasteiger partial charge in [-0.3, -0.25) is 4.98 Å². The zero-order valence-electron chi connectivity index (χ0n) is 12.2. The Hall–Kier alpha value is -1.61. The summed E-state index contributed by atoms with van der Waals surface area (Å²) in [5.41, 5.74) is 1.34. The third-order valence-corrected chi connectivity index (χ3v) is 4.18. The van der Waals surface area contributed by atoms with Crippen molar-refractivity contribution in [2.24, 2.45) is 0 Å². The molecule has 0 aliphatic carbocycles. The van der Waals surface area contributed by atoms with Crippen molar-refractivity contribution < 1.29 is 0 Å². The van der Waals surface area contributed by atoms with E-state index in [1.807, 2.05) is 12.4 Å². The fourth-order valence-electron chi connectivity index (χ4n) is 3.05. The zero-order valence-corrected chi connectivity index (χ0v) is 12.2. The van der Waals surface area contributed by atoms with Crippen molar-refractivity contribution in [1.82, 2.24) is 10.3 Å². The number of rotatable bonds is 4. The number of hydrogen-bond donors (Lipinski definition) is 1. The molecule has 106 valence electrons. The molecule has 2 heterocycles. The van der Waals surface area contributed by atoms with E-state index in [1.54, 1.807) is 0 Å². The summed E-state index contributed by atoms with van der Waals surface area (Å²) in [6.45, 7) is 5.64. The van der Waals surface area contributed by atoms with Crippen LogP contribution in [0.4, 0.5) is 5.69 Å². The molecule has 3 heteroatoms. The van der Waals surface area contributed by atoms with Crippen LogP contribution in [0.2, 0.25) is 0 Å². The van der Waals surface area contributed by atoms with Crippen LogP contribution in [0.1, 0.15) is 26.2 Å². The first-order chi connectivity index (χ1) is 9.88. The van der Waals surface area contributed by atoms with Gasteiger partial charge in [0.05, 0.1) is 0 Å². The number of fused-ring (bicyclic) bond motifs is 1. The molecule has 1 fully saturated rings. The molecule has 1 aliphatic heterocycles. The Kier molecular flexibility index (Phi) is 4.16. The van der Waals surface area contributed by atoms with E-state index in [2.05, 4.69) is 46.4 Å². The Morgan fingerprint density at radius 3 is 2.90 bits per heavy atom. The minimum atomic E-state index is 0.694. The van der Waals surface area contributed by atoms with E-state index in [-0.39, 0.29) is 0 Å². The molecule has 0 amide bonds.